The van der Waals surface area contributed by atoms with Crippen LogP contribution in [-0.2, 0) is 29.3 Å². The molecule has 0 aliphatic heterocycles. The molecule has 0 unspecified atom stereocenters. The molecular weight excluding hydrogens is 927 g/mol. The summed E-state index contributed by atoms with van der Waals surface area (Å²) in [6, 6.07) is 17.9. The van der Waals surface area contributed by atoms with E-state index in [-0.39, 0.29) is 16.5 Å². The van der Waals surface area contributed by atoms with E-state index in [0.29, 0.717) is 0 Å². The minimum absolute atomic E-state index is 0. The van der Waals surface area contributed by atoms with E-state index in [0.717, 1.165) is 62.7 Å². The number of hydrogen-bond donors (Lipinski definition) is 0. The van der Waals surface area contributed by atoms with Gasteiger partial charge in [0.2, 0.25) is 0 Å². The fourth-order valence-corrected chi connectivity index (χ4v) is 10.5. The maximum absolute atomic E-state index is 5.58. The maximum atomic E-state index is 5.58. The van der Waals surface area contributed by atoms with Crippen LogP contribution in [0.5, 0.6) is 0 Å². The maximum Gasteiger partial charge on any atom is 0.0665 e. The predicted octanol–water partition coefficient (Wildman–Crippen LogP) is 24.8. The molecule has 0 atom stereocenters. The van der Waals surface area contributed by atoms with Crippen LogP contribution >= 0.6 is 0 Å². The third-order valence-corrected chi connectivity index (χ3v) is 15.3. The zero-order valence-corrected chi connectivity index (χ0v) is 50.1. The van der Waals surface area contributed by atoms with E-state index in [1.807, 2.05) is 0 Å². The molecule has 2 aromatic carbocycles. The molecule has 0 radical (unpaired) electrons. The van der Waals surface area contributed by atoms with Gasteiger partial charge >= 0.3 is 0 Å². The standard InChI is InChI=1S/C70H120N2.Ni/c1-5-9-13-16-19-21-23-25-27-29-31-33-35-37-39-41-43-45-47-50-57-65-59-53-55-62-67(65)71-69(61-12-8-4)70(64-52-49-18-15-11-7-3)72-68-63-56-54-60-66(68)58-51-48-46-44-42-40-38-36-34-32-30-28-26-24-22-20-17-14-10-6-2;/h45-48,53-56,59-60,62-63H,5-44,49-52,57-58,61,64H2,1-4H3;/b47-45+,48-46+,71-69?,72-70?;. The first-order valence-electron chi connectivity index (χ1n) is 32.3. The van der Waals surface area contributed by atoms with E-state index in [9.17, 15) is 0 Å². The van der Waals surface area contributed by atoms with Crippen LogP contribution < -0.4 is 0 Å². The second kappa shape index (κ2) is 54.5. The first-order chi connectivity index (χ1) is 35.7. The van der Waals surface area contributed by atoms with Gasteiger partial charge in [-0.05, 0) is 100 Å². The van der Waals surface area contributed by atoms with Gasteiger partial charge in [0.15, 0.2) is 0 Å². The average Bonchev–Trinajstić information content (AvgIpc) is 3.40. The van der Waals surface area contributed by atoms with Gasteiger partial charge in [-0.25, -0.2) is 0 Å². The summed E-state index contributed by atoms with van der Waals surface area (Å²) in [5, 5.41) is 0. The van der Waals surface area contributed by atoms with Crippen molar-refractivity contribution < 1.29 is 16.5 Å². The Morgan fingerprint density at radius 1 is 0.288 bits per heavy atom. The number of aliphatic imine (C=N–C) groups is 2. The third kappa shape index (κ3) is 41.6. The Balaban J connectivity index is 0.0000266. The van der Waals surface area contributed by atoms with Gasteiger partial charge in [-0.3, -0.25) is 9.98 Å². The smallest absolute Gasteiger partial charge is 0.0665 e. The Hall–Kier alpha value is -2.25. The van der Waals surface area contributed by atoms with Gasteiger partial charge in [-0.15, -0.1) is 0 Å². The summed E-state index contributed by atoms with van der Waals surface area (Å²) < 4.78 is 0. The summed E-state index contributed by atoms with van der Waals surface area (Å²) in [6.07, 6.45) is 74.2. The quantitative estimate of drug-likeness (QED) is 0.0273. The molecule has 0 spiro atoms. The van der Waals surface area contributed by atoms with E-state index in [2.05, 4.69) is 101 Å². The summed E-state index contributed by atoms with van der Waals surface area (Å²) in [5.74, 6) is 0. The normalized spacial score (nSPS) is 12.2. The second-order valence-corrected chi connectivity index (χ2v) is 22.2. The number of benzene rings is 2. The summed E-state index contributed by atoms with van der Waals surface area (Å²) in [7, 11) is 0. The Morgan fingerprint density at radius 2 is 0.534 bits per heavy atom. The number of allylic oxidation sites excluding steroid dienone is 4. The molecule has 420 valence electrons. The Bertz CT molecular complexity index is 1580. The number of aryl methyl sites for hydroxylation is 2. The fourth-order valence-electron chi connectivity index (χ4n) is 10.5. The number of nitrogens with zero attached hydrogens (tertiary/aromatic N) is 2. The van der Waals surface area contributed by atoms with Crippen molar-refractivity contribution >= 4 is 22.8 Å². The zero-order chi connectivity index (χ0) is 51.3. The van der Waals surface area contributed by atoms with Crippen molar-refractivity contribution in [2.45, 2.75) is 336 Å². The Labute approximate surface area is 466 Å². The molecule has 0 amide bonds. The first-order valence-corrected chi connectivity index (χ1v) is 32.3. The summed E-state index contributed by atoms with van der Waals surface area (Å²) in [5.41, 5.74) is 7.46. The summed E-state index contributed by atoms with van der Waals surface area (Å²) >= 11 is 0. The van der Waals surface area contributed by atoms with E-state index in [4.69, 9.17) is 9.98 Å². The van der Waals surface area contributed by atoms with Gasteiger partial charge in [0, 0.05) is 16.5 Å². The van der Waals surface area contributed by atoms with Crippen molar-refractivity contribution in [1.29, 1.82) is 0 Å². The topological polar surface area (TPSA) is 24.7 Å². The van der Waals surface area contributed by atoms with Crippen LogP contribution in [0.15, 0.2) is 82.8 Å². The molecule has 0 saturated carbocycles. The number of rotatable bonds is 53. The van der Waals surface area contributed by atoms with E-state index in [1.165, 1.54) is 279 Å². The largest absolute Gasteiger partial charge is 0.251 e. The SMILES string of the molecule is CCCCCCCCCCCCCCCCCC/C=C/CCc1ccccc1N=C(CCCC)C(CCCCCCCC)=Nc1ccccc1CC/C=C/CCCCCCCCCCCCCCCCCC.[Ni]. The van der Waals surface area contributed by atoms with Crippen LogP contribution in [-0.4, -0.2) is 11.4 Å². The van der Waals surface area contributed by atoms with Gasteiger partial charge in [0.1, 0.15) is 0 Å². The van der Waals surface area contributed by atoms with E-state index < -0.39 is 0 Å². The zero-order valence-electron chi connectivity index (χ0n) is 49.1. The molecule has 0 saturated heterocycles. The van der Waals surface area contributed by atoms with Gasteiger partial charge in [-0.2, -0.15) is 0 Å². The van der Waals surface area contributed by atoms with Crippen LogP contribution in [0.3, 0.4) is 0 Å². The predicted molar refractivity (Wildman–Crippen MR) is 328 cm³/mol. The first kappa shape index (κ1) is 68.8. The minimum Gasteiger partial charge on any atom is -0.251 e. The molecule has 0 N–H and O–H groups in total. The van der Waals surface area contributed by atoms with Crippen LogP contribution in [0.4, 0.5) is 11.4 Å². The molecule has 0 fully saturated rings. The van der Waals surface area contributed by atoms with Crippen LogP contribution in [0.1, 0.15) is 334 Å². The van der Waals surface area contributed by atoms with Crippen molar-refractivity contribution in [3.05, 3.63) is 84.0 Å². The van der Waals surface area contributed by atoms with E-state index >= 15 is 0 Å². The fraction of sp³-hybridized carbons (Fsp3) is 0.743. The molecule has 73 heavy (non-hydrogen) atoms. The van der Waals surface area contributed by atoms with E-state index in [1.54, 1.807) is 0 Å². The van der Waals surface area contributed by atoms with Crippen molar-refractivity contribution in [3.63, 3.8) is 0 Å². The monoisotopic (exact) mass is 1050 g/mol. The van der Waals surface area contributed by atoms with Gasteiger partial charge in [0.05, 0.1) is 22.8 Å². The number of unbranched alkanes of at least 4 members (excludes halogenated alkanes) is 38. The van der Waals surface area contributed by atoms with Gasteiger partial charge in [-0.1, -0.05) is 320 Å². The molecule has 0 bridgehead atoms. The molecule has 0 aliphatic rings. The van der Waals surface area contributed by atoms with Crippen molar-refractivity contribution in [2.24, 2.45) is 9.98 Å². The molecule has 2 nitrogen and oxygen atoms in total. The van der Waals surface area contributed by atoms with Crippen LogP contribution in [0.25, 0.3) is 0 Å². The van der Waals surface area contributed by atoms with Crippen molar-refractivity contribution in [3.8, 4) is 0 Å². The Kier molecular flexibility index (Phi) is 51.4. The van der Waals surface area contributed by atoms with Gasteiger partial charge in [0.25, 0.3) is 0 Å². The second-order valence-electron chi connectivity index (χ2n) is 22.2. The molecular formula is C70H120N2Ni. The van der Waals surface area contributed by atoms with Gasteiger partial charge < -0.3 is 0 Å². The molecule has 0 heterocycles. The third-order valence-electron chi connectivity index (χ3n) is 15.3. The molecule has 0 aliphatic carbocycles. The minimum atomic E-state index is 0. The molecule has 3 heteroatoms. The summed E-state index contributed by atoms with van der Waals surface area (Å²) in [4.78, 5) is 11.1. The molecule has 0 aromatic heterocycles. The van der Waals surface area contributed by atoms with Crippen molar-refractivity contribution in [1.82, 2.24) is 0 Å². The molecule has 2 aromatic rings. The molecule has 2 rings (SSSR count). The summed E-state index contributed by atoms with van der Waals surface area (Å²) in [6.45, 7) is 9.24. The number of hydrogen-bond acceptors (Lipinski definition) is 2. The van der Waals surface area contributed by atoms with Crippen LogP contribution in [0.2, 0.25) is 0 Å². The average molecular weight is 1050 g/mol. The Morgan fingerprint density at radius 3 is 0.849 bits per heavy atom. The van der Waals surface area contributed by atoms with Crippen molar-refractivity contribution in [2.75, 3.05) is 0 Å². The number of para-hydroxylation sites is 2. The van der Waals surface area contributed by atoms with Crippen LogP contribution in [0, 0.1) is 0 Å².